The third kappa shape index (κ3) is 2.07. The Morgan fingerprint density at radius 1 is 1.53 bits per heavy atom. The molecule has 4 nitrogen and oxygen atoms in total. The number of nitrogens with one attached hydrogen (secondary N) is 1. The number of hydrogen-bond donors (Lipinski definition) is 1. The van der Waals surface area contributed by atoms with Gasteiger partial charge in [0.05, 0.1) is 18.7 Å². The van der Waals surface area contributed by atoms with Gasteiger partial charge in [0.15, 0.2) is 0 Å². The number of methoxy groups -OCH3 is 1. The van der Waals surface area contributed by atoms with Crippen molar-refractivity contribution in [2.24, 2.45) is 5.92 Å². The fraction of sp³-hybridized carbons (Fsp3) is 0.462. The third-order valence-electron chi connectivity index (χ3n) is 3.14. The number of nitrogens with zero attached hydrogens (tertiary/aromatic N) is 1. The molecule has 0 bridgehead atoms. The molecule has 1 aromatic carbocycles. The summed E-state index contributed by atoms with van der Waals surface area (Å²) in [6.07, 6.45) is 0. The fourth-order valence-corrected chi connectivity index (χ4v) is 2.14. The molecule has 92 valence electrons. The van der Waals surface area contributed by atoms with E-state index < -0.39 is 0 Å². The first kappa shape index (κ1) is 11.8. The van der Waals surface area contributed by atoms with Gasteiger partial charge < -0.3 is 15.0 Å². The van der Waals surface area contributed by atoms with Crippen LogP contribution in [0.1, 0.15) is 13.8 Å². The minimum Gasteiger partial charge on any atom is -0.494 e. The smallest absolute Gasteiger partial charge is 0.229 e. The highest BCUT2D eigenvalue weighted by molar-refractivity contribution is 5.99. The second-order valence-electron chi connectivity index (χ2n) is 4.28. The quantitative estimate of drug-likeness (QED) is 0.852. The Kier molecular flexibility index (Phi) is 3.22. The molecule has 1 aliphatic heterocycles. The predicted octanol–water partition coefficient (Wildman–Crippen LogP) is 2.11. The number of amides is 1. The van der Waals surface area contributed by atoms with E-state index in [1.165, 1.54) is 0 Å². The van der Waals surface area contributed by atoms with E-state index in [-0.39, 0.29) is 11.8 Å². The Hall–Kier alpha value is -1.71. The second-order valence-corrected chi connectivity index (χ2v) is 4.28. The molecule has 0 aromatic heterocycles. The monoisotopic (exact) mass is 234 g/mol. The van der Waals surface area contributed by atoms with Crippen molar-refractivity contribution in [1.29, 1.82) is 0 Å². The zero-order valence-corrected chi connectivity index (χ0v) is 10.5. The summed E-state index contributed by atoms with van der Waals surface area (Å²) >= 11 is 0. The number of para-hydroxylation sites is 1. The maximum absolute atomic E-state index is 11.9. The van der Waals surface area contributed by atoms with Crippen LogP contribution in [0.15, 0.2) is 18.2 Å². The Morgan fingerprint density at radius 3 is 2.94 bits per heavy atom. The normalized spacial score (nSPS) is 19.4. The van der Waals surface area contributed by atoms with E-state index in [2.05, 4.69) is 17.1 Å². The Bertz CT molecular complexity index is 431. The van der Waals surface area contributed by atoms with E-state index in [0.29, 0.717) is 5.75 Å². The lowest BCUT2D eigenvalue weighted by atomic mass is 10.1. The molecule has 17 heavy (non-hydrogen) atoms. The second kappa shape index (κ2) is 4.65. The van der Waals surface area contributed by atoms with E-state index in [9.17, 15) is 4.79 Å². The molecule has 2 rings (SSSR count). The summed E-state index contributed by atoms with van der Waals surface area (Å²) < 4.78 is 5.30. The number of carbonyl (C=O) groups is 1. The SMILES string of the molecule is CCN1CC(C)C(=O)Nc2c(OC)cccc21. The van der Waals surface area contributed by atoms with Crippen LogP contribution < -0.4 is 15.0 Å². The number of fused-ring (bicyclic) bond motifs is 1. The number of ether oxygens (including phenoxy) is 1. The van der Waals surface area contributed by atoms with Gasteiger partial charge in [-0.3, -0.25) is 4.79 Å². The lowest BCUT2D eigenvalue weighted by Gasteiger charge is -2.24. The molecule has 0 saturated heterocycles. The Labute approximate surface area is 102 Å². The van der Waals surface area contributed by atoms with Crippen molar-refractivity contribution < 1.29 is 9.53 Å². The summed E-state index contributed by atoms with van der Waals surface area (Å²) in [6, 6.07) is 5.82. The van der Waals surface area contributed by atoms with Crippen LogP contribution in [0.5, 0.6) is 5.75 Å². The van der Waals surface area contributed by atoms with Gasteiger partial charge in [-0.2, -0.15) is 0 Å². The zero-order chi connectivity index (χ0) is 12.4. The average Bonchev–Trinajstić information content (AvgIpc) is 2.47. The molecule has 0 spiro atoms. The van der Waals surface area contributed by atoms with Crippen LogP contribution in [-0.2, 0) is 4.79 Å². The molecule has 1 unspecified atom stereocenters. The van der Waals surface area contributed by atoms with Crippen molar-refractivity contribution in [2.75, 3.05) is 30.4 Å². The standard InChI is InChI=1S/C13H18N2O2/c1-4-15-8-9(2)13(16)14-12-10(15)6-5-7-11(12)17-3/h5-7,9H,4,8H2,1-3H3,(H,14,16). The molecule has 1 amide bonds. The predicted molar refractivity (Wildman–Crippen MR) is 68.7 cm³/mol. The van der Waals surface area contributed by atoms with Crippen molar-refractivity contribution in [3.05, 3.63) is 18.2 Å². The highest BCUT2D eigenvalue weighted by Crippen LogP contribution is 2.37. The average molecular weight is 234 g/mol. The minimum absolute atomic E-state index is 0.0212. The molecule has 0 fully saturated rings. The first-order valence-corrected chi connectivity index (χ1v) is 5.90. The molecule has 0 radical (unpaired) electrons. The molecule has 1 atom stereocenters. The number of hydrogen-bond acceptors (Lipinski definition) is 3. The van der Waals surface area contributed by atoms with Crippen LogP contribution in [0.2, 0.25) is 0 Å². The van der Waals surface area contributed by atoms with Gasteiger partial charge in [-0.25, -0.2) is 0 Å². The minimum atomic E-state index is -0.0212. The van der Waals surface area contributed by atoms with Crippen LogP contribution >= 0.6 is 0 Å². The largest absolute Gasteiger partial charge is 0.494 e. The molecule has 4 heteroatoms. The highest BCUT2D eigenvalue weighted by Gasteiger charge is 2.25. The van der Waals surface area contributed by atoms with Gasteiger partial charge >= 0.3 is 0 Å². The lowest BCUT2D eigenvalue weighted by molar-refractivity contribution is -0.119. The van der Waals surface area contributed by atoms with Gasteiger partial charge in [-0.05, 0) is 19.1 Å². The number of benzene rings is 1. The van der Waals surface area contributed by atoms with Crippen LogP contribution in [0, 0.1) is 5.92 Å². The molecular weight excluding hydrogens is 216 g/mol. The van der Waals surface area contributed by atoms with E-state index in [1.807, 2.05) is 25.1 Å². The number of rotatable bonds is 2. The van der Waals surface area contributed by atoms with E-state index in [1.54, 1.807) is 7.11 Å². The van der Waals surface area contributed by atoms with E-state index >= 15 is 0 Å². The topological polar surface area (TPSA) is 41.6 Å². The van der Waals surface area contributed by atoms with Crippen LogP contribution in [0.25, 0.3) is 0 Å². The summed E-state index contributed by atoms with van der Waals surface area (Å²) in [4.78, 5) is 14.1. The van der Waals surface area contributed by atoms with Crippen molar-refractivity contribution in [1.82, 2.24) is 0 Å². The maximum atomic E-state index is 11.9. The van der Waals surface area contributed by atoms with Crippen LogP contribution in [0.4, 0.5) is 11.4 Å². The lowest BCUT2D eigenvalue weighted by Crippen LogP contribution is -2.30. The zero-order valence-electron chi connectivity index (χ0n) is 10.5. The van der Waals surface area contributed by atoms with Crippen molar-refractivity contribution in [3.8, 4) is 5.75 Å². The van der Waals surface area contributed by atoms with E-state index in [4.69, 9.17) is 4.74 Å². The summed E-state index contributed by atoms with van der Waals surface area (Å²) in [6.45, 7) is 5.64. The van der Waals surface area contributed by atoms with Gasteiger partial charge in [0.1, 0.15) is 11.4 Å². The Balaban J connectivity index is 2.51. The Morgan fingerprint density at radius 2 is 2.29 bits per heavy atom. The summed E-state index contributed by atoms with van der Waals surface area (Å²) in [5.74, 6) is 0.738. The molecule has 1 heterocycles. The molecule has 1 aliphatic rings. The first-order valence-electron chi connectivity index (χ1n) is 5.90. The van der Waals surface area contributed by atoms with Gasteiger partial charge in [0, 0.05) is 13.1 Å². The molecule has 1 aromatic rings. The van der Waals surface area contributed by atoms with Crippen molar-refractivity contribution in [3.63, 3.8) is 0 Å². The molecule has 0 aliphatic carbocycles. The first-order chi connectivity index (χ1) is 8.17. The van der Waals surface area contributed by atoms with Crippen LogP contribution in [-0.4, -0.2) is 26.1 Å². The van der Waals surface area contributed by atoms with Crippen LogP contribution in [0.3, 0.4) is 0 Å². The fourth-order valence-electron chi connectivity index (χ4n) is 2.14. The van der Waals surface area contributed by atoms with Gasteiger partial charge in [-0.15, -0.1) is 0 Å². The van der Waals surface area contributed by atoms with Crippen molar-refractivity contribution in [2.45, 2.75) is 13.8 Å². The van der Waals surface area contributed by atoms with Gasteiger partial charge in [0.25, 0.3) is 0 Å². The summed E-state index contributed by atoms with van der Waals surface area (Å²) in [7, 11) is 1.62. The maximum Gasteiger partial charge on any atom is 0.229 e. The highest BCUT2D eigenvalue weighted by atomic mass is 16.5. The van der Waals surface area contributed by atoms with E-state index in [0.717, 1.165) is 24.5 Å². The molecule has 1 N–H and O–H groups in total. The van der Waals surface area contributed by atoms with Gasteiger partial charge in [-0.1, -0.05) is 13.0 Å². The number of carbonyl (C=O) groups excluding carboxylic acids is 1. The third-order valence-corrected chi connectivity index (χ3v) is 3.14. The van der Waals surface area contributed by atoms with Gasteiger partial charge in [0.2, 0.25) is 5.91 Å². The van der Waals surface area contributed by atoms with Crippen molar-refractivity contribution >= 4 is 17.3 Å². The number of anilines is 2. The summed E-state index contributed by atoms with van der Waals surface area (Å²) in [5, 5.41) is 2.95. The molecule has 0 saturated carbocycles. The molecular formula is C13H18N2O2. The summed E-state index contributed by atoms with van der Waals surface area (Å²) in [5.41, 5.74) is 1.82.